The number of carbonyl (C=O) groups excluding carboxylic acids is 1. The lowest BCUT2D eigenvalue weighted by Gasteiger charge is -2.29. The molecule has 6 heteroatoms. The van der Waals surface area contributed by atoms with Gasteiger partial charge in [-0.1, -0.05) is 18.2 Å². The molecule has 0 aliphatic carbocycles. The molecular formula is C23H27N3O3. The van der Waals surface area contributed by atoms with Gasteiger partial charge in [0, 0.05) is 30.2 Å². The summed E-state index contributed by atoms with van der Waals surface area (Å²) in [5.41, 5.74) is 4.77. The molecule has 0 bridgehead atoms. The number of amides is 1. The van der Waals surface area contributed by atoms with Crippen LogP contribution in [0.1, 0.15) is 16.7 Å². The molecule has 1 aromatic heterocycles. The smallest absolute Gasteiger partial charge is 0.236 e. The van der Waals surface area contributed by atoms with Gasteiger partial charge >= 0.3 is 0 Å². The molecule has 0 radical (unpaired) electrons. The van der Waals surface area contributed by atoms with Gasteiger partial charge in [0.15, 0.2) is 11.5 Å². The van der Waals surface area contributed by atoms with E-state index in [1.807, 2.05) is 23.1 Å². The lowest BCUT2D eigenvalue weighted by atomic mass is 9.98. The quantitative estimate of drug-likeness (QED) is 0.606. The first-order chi connectivity index (χ1) is 14.2. The molecule has 4 rings (SSSR count). The molecule has 2 aromatic carbocycles. The van der Waals surface area contributed by atoms with E-state index in [2.05, 4.69) is 34.7 Å². The van der Waals surface area contributed by atoms with Gasteiger partial charge in [-0.2, -0.15) is 0 Å². The second-order valence-corrected chi connectivity index (χ2v) is 7.33. The molecular weight excluding hydrogens is 366 g/mol. The van der Waals surface area contributed by atoms with E-state index in [1.165, 1.54) is 16.5 Å². The van der Waals surface area contributed by atoms with E-state index >= 15 is 0 Å². The second kappa shape index (κ2) is 8.57. The summed E-state index contributed by atoms with van der Waals surface area (Å²) < 4.78 is 10.8. The molecule has 0 unspecified atom stereocenters. The molecule has 1 aliphatic rings. The molecule has 2 N–H and O–H groups in total. The highest BCUT2D eigenvalue weighted by atomic mass is 16.5. The molecule has 0 saturated heterocycles. The number of aromatic nitrogens is 1. The van der Waals surface area contributed by atoms with E-state index in [0.29, 0.717) is 18.8 Å². The van der Waals surface area contributed by atoms with E-state index in [-0.39, 0.29) is 5.91 Å². The van der Waals surface area contributed by atoms with Crippen LogP contribution >= 0.6 is 0 Å². The zero-order valence-electron chi connectivity index (χ0n) is 17.0. The Morgan fingerprint density at radius 3 is 2.69 bits per heavy atom. The monoisotopic (exact) mass is 393 g/mol. The van der Waals surface area contributed by atoms with Crippen molar-refractivity contribution in [2.24, 2.45) is 0 Å². The number of para-hydroxylation sites is 1. The molecule has 152 valence electrons. The van der Waals surface area contributed by atoms with Gasteiger partial charge in [0.1, 0.15) is 0 Å². The second-order valence-electron chi connectivity index (χ2n) is 7.33. The van der Waals surface area contributed by atoms with Crippen LogP contribution in [0.25, 0.3) is 10.9 Å². The highest BCUT2D eigenvalue weighted by Gasteiger charge is 2.22. The van der Waals surface area contributed by atoms with Gasteiger partial charge in [-0.15, -0.1) is 0 Å². The number of methoxy groups -OCH3 is 2. The fourth-order valence-corrected chi connectivity index (χ4v) is 3.96. The van der Waals surface area contributed by atoms with Crippen molar-refractivity contribution < 1.29 is 14.3 Å². The minimum Gasteiger partial charge on any atom is -0.493 e. The number of rotatable bonds is 7. The number of hydrogen-bond donors (Lipinski definition) is 2. The number of fused-ring (bicyclic) bond motifs is 2. The van der Waals surface area contributed by atoms with E-state index < -0.39 is 0 Å². The summed E-state index contributed by atoms with van der Waals surface area (Å²) in [7, 11) is 3.28. The summed E-state index contributed by atoms with van der Waals surface area (Å²) >= 11 is 0. The van der Waals surface area contributed by atoms with E-state index in [4.69, 9.17) is 9.47 Å². The van der Waals surface area contributed by atoms with Gasteiger partial charge in [-0.25, -0.2) is 0 Å². The van der Waals surface area contributed by atoms with Crippen molar-refractivity contribution in [3.05, 3.63) is 59.3 Å². The normalized spacial score (nSPS) is 13.4. The van der Waals surface area contributed by atoms with Crippen molar-refractivity contribution in [3.63, 3.8) is 0 Å². The average molecular weight is 393 g/mol. The summed E-state index contributed by atoms with van der Waals surface area (Å²) in [5.74, 6) is 1.58. The summed E-state index contributed by atoms with van der Waals surface area (Å²) in [5, 5.41) is 4.55. The topological polar surface area (TPSA) is 66.6 Å². The Labute approximate surface area is 170 Å². The summed E-state index contributed by atoms with van der Waals surface area (Å²) in [6.45, 7) is 2.46. The largest absolute Gasteiger partial charge is 0.493 e. The van der Waals surface area contributed by atoms with Gasteiger partial charge in [-0.05, 0) is 54.3 Å². The Morgan fingerprint density at radius 2 is 1.90 bits per heavy atom. The molecule has 6 nitrogen and oxygen atoms in total. The maximum Gasteiger partial charge on any atom is 0.236 e. The van der Waals surface area contributed by atoms with Crippen LogP contribution < -0.4 is 14.8 Å². The maximum absolute atomic E-state index is 12.7. The number of hydrogen-bond acceptors (Lipinski definition) is 4. The third kappa shape index (κ3) is 4.07. The van der Waals surface area contributed by atoms with E-state index in [0.717, 1.165) is 42.8 Å². The van der Waals surface area contributed by atoms with Crippen LogP contribution in [0.3, 0.4) is 0 Å². The van der Waals surface area contributed by atoms with Crippen LogP contribution in [0.2, 0.25) is 0 Å². The van der Waals surface area contributed by atoms with E-state index in [9.17, 15) is 4.79 Å². The van der Waals surface area contributed by atoms with Gasteiger partial charge < -0.3 is 24.7 Å². The van der Waals surface area contributed by atoms with Crippen molar-refractivity contribution in [1.29, 1.82) is 0 Å². The number of ether oxygens (including phenoxy) is 2. The molecule has 0 atom stereocenters. The van der Waals surface area contributed by atoms with Crippen molar-refractivity contribution in [2.45, 2.75) is 19.4 Å². The molecule has 3 aromatic rings. The van der Waals surface area contributed by atoms with Crippen molar-refractivity contribution in [1.82, 2.24) is 15.2 Å². The van der Waals surface area contributed by atoms with Crippen molar-refractivity contribution >= 4 is 16.8 Å². The third-order valence-corrected chi connectivity index (χ3v) is 5.59. The molecule has 29 heavy (non-hydrogen) atoms. The van der Waals surface area contributed by atoms with Crippen LogP contribution in [-0.2, 0) is 24.2 Å². The Balaban J connectivity index is 1.30. The fourth-order valence-electron chi connectivity index (χ4n) is 3.96. The molecule has 0 spiro atoms. The number of benzene rings is 2. The summed E-state index contributed by atoms with van der Waals surface area (Å²) in [4.78, 5) is 17.9. The number of nitrogens with one attached hydrogen (secondary N) is 2. The highest BCUT2D eigenvalue weighted by Crippen LogP contribution is 2.33. The Morgan fingerprint density at radius 1 is 1.14 bits per heavy atom. The van der Waals surface area contributed by atoms with Crippen molar-refractivity contribution in [3.8, 4) is 11.5 Å². The third-order valence-electron chi connectivity index (χ3n) is 5.59. The Hall–Kier alpha value is -2.99. The minimum absolute atomic E-state index is 0.129. The van der Waals surface area contributed by atoms with Gasteiger partial charge in [0.25, 0.3) is 0 Å². The van der Waals surface area contributed by atoms with Crippen LogP contribution in [-0.4, -0.2) is 49.6 Å². The minimum atomic E-state index is 0.129. The molecule has 2 heterocycles. The van der Waals surface area contributed by atoms with Gasteiger partial charge in [0.2, 0.25) is 5.91 Å². The zero-order valence-corrected chi connectivity index (χ0v) is 17.0. The number of carbonyl (C=O) groups is 1. The first-order valence-corrected chi connectivity index (χ1v) is 9.97. The summed E-state index contributed by atoms with van der Waals surface area (Å²) in [6, 6.07) is 12.3. The highest BCUT2D eigenvalue weighted by molar-refractivity contribution is 5.83. The van der Waals surface area contributed by atoms with Gasteiger partial charge in [0.05, 0.1) is 20.8 Å². The Kier molecular flexibility index (Phi) is 5.71. The van der Waals surface area contributed by atoms with Crippen LogP contribution in [0.5, 0.6) is 11.5 Å². The van der Waals surface area contributed by atoms with E-state index in [1.54, 1.807) is 14.2 Å². The first kappa shape index (κ1) is 19.3. The molecule has 1 amide bonds. The maximum atomic E-state index is 12.7. The molecule has 0 fully saturated rings. The predicted molar refractivity (Wildman–Crippen MR) is 114 cm³/mol. The van der Waals surface area contributed by atoms with Crippen LogP contribution in [0.15, 0.2) is 42.6 Å². The van der Waals surface area contributed by atoms with Crippen LogP contribution in [0.4, 0.5) is 0 Å². The predicted octanol–water partition coefficient (Wildman–Crippen LogP) is 2.90. The Bertz CT molecular complexity index is 1010. The fraction of sp³-hybridized carbons (Fsp3) is 0.348. The van der Waals surface area contributed by atoms with Crippen molar-refractivity contribution in [2.75, 3.05) is 33.9 Å². The molecule has 0 saturated carbocycles. The SMILES string of the molecule is COc1cc2c(cc1OC)CN(C(=O)CNCCc1c[nH]c3ccccc13)CC2. The van der Waals surface area contributed by atoms with Crippen LogP contribution in [0, 0.1) is 0 Å². The lowest BCUT2D eigenvalue weighted by molar-refractivity contribution is -0.131. The number of nitrogens with zero attached hydrogens (tertiary/aromatic N) is 1. The summed E-state index contributed by atoms with van der Waals surface area (Å²) in [6.07, 6.45) is 3.77. The number of H-pyrrole nitrogens is 1. The lowest BCUT2D eigenvalue weighted by Crippen LogP contribution is -2.41. The zero-order chi connectivity index (χ0) is 20.2. The molecule has 1 aliphatic heterocycles. The average Bonchev–Trinajstić information content (AvgIpc) is 3.18. The number of aromatic amines is 1. The standard InChI is InChI=1S/C23H27N3O3/c1-28-21-11-16-8-10-26(15-18(16)12-22(21)29-2)23(27)14-24-9-7-17-13-25-20-6-4-3-5-19(17)20/h3-6,11-13,24-25H,7-10,14-15H2,1-2H3. The first-order valence-electron chi connectivity index (χ1n) is 9.97. The van der Waals surface area contributed by atoms with Gasteiger partial charge in [-0.3, -0.25) is 4.79 Å².